The summed E-state index contributed by atoms with van der Waals surface area (Å²) >= 11 is 0. The van der Waals surface area contributed by atoms with Crippen molar-refractivity contribution in [2.75, 3.05) is 19.7 Å². The highest BCUT2D eigenvalue weighted by atomic mass is 19.4. The van der Waals surface area contributed by atoms with Crippen molar-refractivity contribution in [1.29, 1.82) is 0 Å². The second kappa shape index (κ2) is 6.69. The largest absolute Gasteiger partial charge is 0.416 e. The number of halogens is 3. The summed E-state index contributed by atoms with van der Waals surface area (Å²) in [5, 5.41) is 9.09. The van der Waals surface area contributed by atoms with Crippen LogP contribution in [-0.2, 0) is 11.0 Å². The van der Waals surface area contributed by atoms with E-state index >= 15 is 0 Å². The molecule has 3 nitrogen and oxygen atoms in total. The molecule has 2 rings (SSSR count). The molecule has 1 aromatic carbocycles. The number of hydrogen-bond donors (Lipinski definition) is 1. The Labute approximate surface area is 127 Å². The van der Waals surface area contributed by atoms with Gasteiger partial charge >= 0.3 is 6.18 Å². The van der Waals surface area contributed by atoms with Crippen LogP contribution < -0.4 is 0 Å². The van der Waals surface area contributed by atoms with Crippen LogP contribution in [0.4, 0.5) is 13.2 Å². The number of hydrogen-bond acceptors (Lipinski definition) is 2. The van der Waals surface area contributed by atoms with Crippen LogP contribution in [0.25, 0.3) is 0 Å². The molecule has 6 heteroatoms. The van der Waals surface area contributed by atoms with Crippen LogP contribution in [0, 0.1) is 5.92 Å². The van der Waals surface area contributed by atoms with Crippen molar-refractivity contribution in [3.63, 3.8) is 0 Å². The normalized spacial score (nSPS) is 20.2. The fourth-order valence-corrected chi connectivity index (χ4v) is 2.89. The molecule has 1 heterocycles. The number of carbonyl (C=O) groups excluding carboxylic acids is 1. The maximum atomic E-state index is 13.0. The van der Waals surface area contributed by atoms with E-state index in [1.54, 1.807) is 17.9 Å². The lowest BCUT2D eigenvalue weighted by Gasteiger charge is -2.21. The van der Waals surface area contributed by atoms with Crippen molar-refractivity contribution < 1.29 is 23.1 Å². The topological polar surface area (TPSA) is 40.5 Å². The number of nitrogens with zero attached hydrogens (tertiary/aromatic N) is 1. The first-order valence-corrected chi connectivity index (χ1v) is 7.37. The van der Waals surface area contributed by atoms with Gasteiger partial charge in [0.1, 0.15) is 0 Å². The fraction of sp³-hybridized carbons (Fsp3) is 0.562. The molecular formula is C16H20F3NO2. The van der Waals surface area contributed by atoms with E-state index in [1.165, 1.54) is 12.1 Å². The SMILES string of the molecule is CC(CC(=O)N1CCC(CO)C1)c1ccccc1C(F)(F)F. The zero-order chi connectivity index (χ0) is 16.3. The average Bonchev–Trinajstić information content (AvgIpc) is 2.95. The van der Waals surface area contributed by atoms with Crippen LogP contribution in [0.2, 0.25) is 0 Å². The minimum absolute atomic E-state index is 0.0379. The molecule has 1 aromatic rings. The van der Waals surface area contributed by atoms with Crippen LogP contribution in [0.5, 0.6) is 0 Å². The van der Waals surface area contributed by atoms with Crippen molar-refractivity contribution in [3.05, 3.63) is 35.4 Å². The predicted molar refractivity (Wildman–Crippen MR) is 76.2 cm³/mol. The first-order valence-electron chi connectivity index (χ1n) is 7.37. The van der Waals surface area contributed by atoms with Gasteiger partial charge in [0.15, 0.2) is 0 Å². The van der Waals surface area contributed by atoms with Gasteiger partial charge in [-0.2, -0.15) is 13.2 Å². The maximum Gasteiger partial charge on any atom is 0.416 e. The highest BCUT2D eigenvalue weighted by molar-refractivity contribution is 5.77. The number of carbonyl (C=O) groups is 1. The van der Waals surface area contributed by atoms with Crippen LogP contribution in [0.15, 0.2) is 24.3 Å². The third-order valence-electron chi connectivity index (χ3n) is 4.17. The van der Waals surface area contributed by atoms with Gasteiger partial charge in [0, 0.05) is 32.0 Å². The van der Waals surface area contributed by atoms with E-state index in [4.69, 9.17) is 5.11 Å². The average molecular weight is 315 g/mol. The van der Waals surface area contributed by atoms with Crippen LogP contribution in [0.1, 0.15) is 36.8 Å². The summed E-state index contributed by atoms with van der Waals surface area (Å²) in [5.41, 5.74) is -0.522. The second-order valence-electron chi connectivity index (χ2n) is 5.87. The van der Waals surface area contributed by atoms with Gasteiger partial charge in [-0.15, -0.1) is 0 Å². The van der Waals surface area contributed by atoms with Gasteiger partial charge in [0.05, 0.1) is 5.56 Å². The zero-order valence-corrected chi connectivity index (χ0v) is 12.4. The van der Waals surface area contributed by atoms with E-state index in [1.807, 2.05) is 0 Å². The molecule has 0 saturated carbocycles. The van der Waals surface area contributed by atoms with Crippen molar-refractivity contribution in [2.24, 2.45) is 5.92 Å². The van der Waals surface area contributed by atoms with Gasteiger partial charge in [-0.1, -0.05) is 25.1 Å². The molecule has 0 radical (unpaired) electrons. The molecule has 0 aromatic heterocycles. The molecule has 1 saturated heterocycles. The van der Waals surface area contributed by atoms with Crippen LogP contribution in [-0.4, -0.2) is 35.6 Å². The zero-order valence-electron chi connectivity index (χ0n) is 12.4. The molecular weight excluding hydrogens is 295 g/mol. The highest BCUT2D eigenvalue weighted by Gasteiger charge is 2.35. The van der Waals surface area contributed by atoms with Gasteiger partial charge in [0.25, 0.3) is 0 Å². The van der Waals surface area contributed by atoms with E-state index in [-0.39, 0.29) is 30.4 Å². The standard InChI is InChI=1S/C16H20F3NO2/c1-11(8-15(22)20-7-6-12(9-20)10-21)13-4-2-3-5-14(13)16(17,18)19/h2-5,11-12,21H,6-10H2,1H3. The lowest BCUT2D eigenvalue weighted by atomic mass is 9.92. The third kappa shape index (κ3) is 3.80. The number of rotatable bonds is 4. The van der Waals surface area contributed by atoms with Gasteiger partial charge < -0.3 is 10.0 Å². The summed E-state index contributed by atoms with van der Waals surface area (Å²) in [6, 6.07) is 5.39. The van der Waals surface area contributed by atoms with E-state index < -0.39 is 17.7 Å². The number of aliphatic hydroxyl groups excluding tert-OH is 1. The summed E-state index contributed by atoms with van der Waals surface area (Å²) in [4.78, 5) is 13.8. The number of alkyl halides is 3. The van der Waals surface area contributed by atoms with Crippen molar-refractivity contribution in [1.82, 2.24) is 4.90 Å². The molecule has 1 N–H and O–H groups in total. The minimum atomic E-state index is -4.41. The molecule has 122 valence electrons. The van der Waals surface area contributed by atoms with E-state index in [2.05, 4.69) is 0 Å². The summed E-state index contributed by atoms with van der Waals surface area (Å²) in [5.74, 6) is -0.569. The maximum absolute atomic E-state index is 13.0. The Morgan fingerprint density at radius 2 is 2.09 bits per heavy atom. The number of likely N-dealkylation sites (tertiary alicyclic amines) is 1. The molecule has 1 aliphatic heterocycles. The summed E-state index contributed by atoms with van der Waals surface area (Å²) < 4.78 is 39.1. The van der Waals surface area contributed by atoms with E-state index in [9.17, 15) is 18.0 Å². The molecule has 1 amide bonds. The first-order chi connectivity index (χ1) is 10.3. The summed E-state index contributed by atoms with van der Waals surface area (Å²) in [6.07, 6.45) is -3.62. The Morgan fingerprint density at radius 1 is 1.41 bits per heavy atom. The number of benzene rings is 1. The number of amides is 1. The molecule has 22 heavy (non-hydrogen) atoms. The lowest BCUT2D eigenvalue weighted by Crippen LogP contribution is -2.30. The van der Waals surface area contributed by atoms with E-state index in [0.29, 0.717) is 13.1 Å². The smallest absolute Gasteiger partial charge is 0.396 e. The molecule has 2 unspecified atom stereocenters. The fourth-order valence-electron chi connectivity index (χ4n) is 2.89. The molecule has 0 bridgehead atoms. The summed E-state index contributed by atoms with van der Waals surface area (Å²) in [6.45, 7) is 2.74. The quantitative estimate of drug-likeness (QED) is 0.928. The van der Waals surface area contributed by atoms with Crippen molar-refractivity contribution in [3.8, 4) is 0 Å². The summed E-state index contributed by atoms with van der Waals surface area (Å²) in [7, 11) is 0. The Kier molecular flexibility index (Phi) is 5.11. The Morgan fingerprint density at radius 3 is 2.68 bits per heavy atom. The highest BCUT2D eigenvalue weighted by Crippen LogP contribution is 2.36. The molecule has 0 aliphatic carbocycles. The number of aliphatic hydroxyl groups is 1. The Hall–Kier alpha value is -1.56. The third-order valence-corrected chi connectivity index (χ3v) is 4.17. The van der Waals surface area contributed by atoms with Crippen molar-refractivity contribution in [2.45, 2.75) is 31.9 Å². The van der Waals surface area contributed by atoms with Crippen LogP contribution >= 0.6 is 0 Å². The van der Waals surface area contributed by atoms with E-state index in [0.717, 1.165) is 12.5 Å². The Bertz CT molecular complexity index is 530. The van der Waals surface area contributed by atoms with Gasteiger partial charge in [0.2, 0.25) is 5.91 Å². The van der Waals surface area contributed by atoms with Crippen molar-refractivity contribution >= 4 is 5.91 Å². The van der Waals surface area contributed by atoms with Gasteiger partial charge in [-0.25, -0.2) is 0 Å². The minimum Gasteiger partial charge on any atom is -0.396 e. The van der Waals surface area contributed by atoms with Gasteiger partial charge in [-0.05, 0) is 24.0 Å². The predicted octanol–water partition coefficient (Wildman–Crippen LogP) is 3.04. The van der Waals surface area contributed by atoms with Gasteiger partial charge in [-0.3, -0.25) is 4.79 Å². The molecule has 1 fully saturated rings. The second-order valence-corrected chi connectivity index (χ2v) is 5.87. The molecule has 2 atom stereocenters. The first kappa shape index (κ1) is 16.8. The van der Waals surface area contributed by atoms with Crippen LogP contribution in [0.3, 0.4) is 0 Å². The molecule has 0 spiro atoms. The Balaban J connectivity index is 2.07. The lowest BCUT2D eigenvalue weighted by molar-refractivity contribution is -0.139. The molecule has 1 aliphatic rings. The monoisotopic (exact) mass is 315 g/mol.